The smallest absolute Gasteiger partial charge is 0.246 e. The van der Waals surface area contributed by atoms with Gasteiger partial charge < -0.3 is 19.7 Å². The topological polar surface area (TPSA) is 33.7 Å². The van der Waals surface area contributed by atoms with Crippen LogP contribution in [0.1, 0.15) is 27.2 Å². The second-order valence-corrected chi connectivity index (χ2v) is 6.13. The molecule has 0 spiro atoms. The molecule has 1 N–H and O–H groups in total. The van der Waals surface area contributed by atoms with Crippen molar-refractivity contribution >= 4 is 5.69 Å². The summed E-state index contributed by atoms with van der Waals surface area (Å²) in [7, 11) is 2.18. The van der Waals surface area contributed by atoms with Crippen LogP contribution in [0.4, 0.5) is 5.69 Å². The largest absolute Gasteiger partial charge is 0.449 e. The molecular formula is C15H22N2O2. The molecule has 1 aromatic rings. The summed E-state index contributed by atoms with van der Waals surface area (Å²) < 4.78 is 11.5. The van der Waals surface area contributed by atoms with Crippen molar-refractivity contribution in [1.29, 1.82) is 0 Å². The predicted molar refractivity (Wildman–Crippen MR) is 75.9 cm³/mol. The lowest BCUT2D eigenvalue weighted by Crippen LogP contribution is -2.29. The molecule has 2 aliphatic rings. The SMILES string of the molecule is CC1CC(Nc2ccc3c(c2)OC(C)(C)O3)CN1C. The van der Waals surface area contributed by atoms with E-state index in [0.717, 1.165) is 23.7 Å². The zero-order valence-electron chi connectivity index (χ0n) is 12.1. The zero-order chi connectivity index (χ0) is 13.6. The molecule has 2 atom stereocenters. The van der Waals surface area contributed by atoms with Gasteiger partial charge in [-0.3, -0.25) is 0 Å². The lowest BCUT2D eigenvalue weighted by Gasteiger charge is -2.16. The summed E-state index contributed by atoms with van der Waals surface area (Å²) in [6.45, 7) is 7.20. The van der Waals surface area contributed by atoms with Crippen LogP contribution in [-0.4, -0.2) is 36.4 Å². The maximum absolute atomic E-state index is 5.77. The van der Waals surface area contributed by atoms with Crippen molar-refractivity contribution in [3.63, 3.8) is 0 Å². The summed E-state index contributed by atoms with van der Waals surface area (Å²) >= 11 is 0. The van der Waals surface area contributed by atoms with Gasteiger partial charge in [0.2, 0.25) is 5.79 Å². The molecule has 0 amide bonds. The van der Waals surface area contributed by atoms with Gasteiger partial charge in [-0.1, -0.05) is 0 Å². The predicted octanol–water partition coefficient (Wildman–Crippen LogP) is 2.70. The van der Waals surface area contributed by atoms with Gasteiger partial charge >= 0.3 is 0 Å². The van der Waals surface area contributed by atoms with Gasteiger partial charge in [0.05, 0.1) is 0 Å². The summed E-state index contributed by atoms with van der Waals surface area (Å²) in [6, 6.07) is 7.23. The third-order valence-corrected chi connectivity index (χ3v) is 3.91. The van der Waals surface area contributed by atoms with E-state index in [2.05, 4.69) is 30.3 Å². The zero-order valence-corrected chi connectivity index (χ0v) is 12.1. The standard InChI is InChI=1S/C15H22N2O2/c1-10-7-12(9-17(10)4)16-11-5-6-13-14(8-11)19-15(2,3)18-13/h5-6,8,10,12,16H,7,9H2,1-4H3. The molecule has 3 rings (SSSR count). The Labute approximate surface area is 114 Å². The Morgan fingerprint density at radius 1 is 1.26 bits per heavy atom. The number of benzene rings is 1. The molecule has 2 heterocycles. The van der Waals surface area contributed by atoms with Crippen LogP contribution in [0.2, 0.25) is 0 Å². The molecule has 2 aliphatic heterocycles. The van der Waals surface area contributed by atoms with Gasteiger partial charge in [0.15, 0.2) is 11.5 Å². The third-order valence-electron chi connectivity index (χ3n) is 3.91. The number of nitrogens with zero attached hydrogens (tertiary/aromatic N) is 1. The van der Waals surface area contributed by atoms with E-state index in [0.29, 0.717) is 12.1 Å². The number of fused-ring (bicyclic) bond motifs is 1. The van der Waals surface area contributed by atoms with Crippen LogP contribution in [0.5, 0.6) is 11.5 Å². The number of ether oxygens (including phenoxy) is 2. The first-order valence-electron chi connectivity index (χ1n) is 6.92. The molecule has 1 aromatic carbocycles. The molecule has 1 saturated heterocycles. The van der Waals surface area contributed by atoms with Crippen LogP contribution >= 0.6 is 0 Å². The Morgan fingerprint density at radius 3 is 2.68 bits per heavy atom. The molecular weight excluding hydrogens is 240 g/mol. The molecule has 19 heavy (non-hydrogen) atoms. The van der Waals surface area contributed by atoms with Crippen LogP contribution in [0.15, 0.2) is 18.2 Å². The van der Waals surface area contributed by atoms with Crippen molar-refractivity contribution in [3.05, 3.63) is 18.2 Å². The van der Waals surface area contributed by atoms with E-state index in [1.54, 1.807) is 0 Å². The van der Waals surface area contributed by atoms with Crippen LogP contribution < -0.4 is 14.8 Å². The van der Waals surface area contributed by atoms with Crippen LogP contribution in [0.25, 0.3) is 0 Å². The monoisotopic (exact) mass is 262 g/mol. The summed E-state index contributed by atoms with van der Waals surface area (Å²) in [5.74, 6) is 1.10. The average Bonchev–Trinajstić information content (AvgIpc) is 2.77. The number of hydrogen-bond donors (Lipinski definition) is 1. The Bertz CT molecular complexity index is 477. The second-order valence-electron chi connectivity index (χ2n) is 6.13. The molecule has 0 saturated carbocycles. The van der Waals surface area contributed by atoms with Gasteiger partial charge in [0.1, 0.15) is 0 Å². The Hall–Kier alpha value is -1.42. The quantitative estimate of drug-likeness (QED) is 0.888. The number of likely N-dealkylation sites (N-methyl/N-ethyl adjacent to an activating group) is 1. The summed E-state index contributed by atoms with van der Waals surface area (Å²) in [5.41, 5.74) is 1.10. The van der Waals surface area contributed by atoms with Crippen molar-refractivity contribution < 1.29 is 9.47 Å². The van der Waals surface area contributed by atoms with E-state index in [4.69, 9.17) is 9.47 Å². The first kappa shape index (κ1) is 12.6. The maximum Gasteiger partial charge on any atom is 0.246 e. The summed E-state index contributed by atoms with van der Waals surface area (Å²) in [5, 5.41) is 3.58. The van der Waals surface area contributed by atoms with Gasteiger partial charge in [-0.15, -0.1) is 0 Å². The Morgan fingerprint density at radius 2 is 2.00 bits per heavy atom. The normalized spacial score (nSPS) is 28.6. The minimum atomic E-state index is -0.553. The molecule has 0 aliphatic carbocycles. The lowest BCUT2D eigenvalue weighted by molar-refractivity contribution is -0.0431. The van der Waals surface area contributed by atoms with Crippen LogP contribution in [-0.2, 0) is 0 Å². The molecule has 2 unspecified atom stereocenters. The molecule has 104 valence electrons. The maximum atomic E-state index is 5.77. The fourth-order valence-electron chi connectivity index (χ4n) is 2.85. The number of nitrogens with one attached hydrogen (secondary N) is 1. The van der Waals surface area contributed by atoms with Gasteiger partial charge in [-0.2, -0.15) is 0 Å². The highest BCUT2D eigenvalue weighted by Gasteiger charge is 2.32. The van der Waals surface area contributed by atoms with Gasteiger partial charge in [-0.25, -0.2) is 0 Å². The third kappa shape index (κ3) is 2.50. The van der Waals surface area contributed by atoms with E-state index >= 15 is 0 Å². The van der Waals surface area contributed by atoms with Crippen molar-refractivity contribution in [2.75, 3.05) is 18.9 Å². The molecule has 0 bridgehead atoms. The highest BCUT2D eigenvalue weighted by atomic mass is 16.7. The van der Waals surface area contributed by atoms with Gasteiger partial charge in [-0.05, 0) is 32.5 Å². The molecule has 4 heteroatoms. The van der Waals surface area contributed by atoms with E-state index in [-0.39, 0.29) is 0 Å². The Kier molecular flexibility index (Phi) is 2.86. The van der Waals surface area contributed by atoms with Crippen LogP contribution in [0.3, 0.4) is 0 Å². The molecule has 0 aromatic heterocycles. The van der Waals surface area contributed by atoms with E-state index in [9.17, 15) is 0 Å². The first-order valence-corrected chi connectivity index (χ1v) is 6.92. The first-order chi connectivity index (χ1) is 8.93. The van der Waals surface area contributed by atoms with Crippen LogP contribution in [0, 0.1) is 0 Å². The Balaban J connectivity index is 1.71. The second kappa shape index (κ2) is 4.30. The van der Waals surface area contributed by atoms with Crippen molar-refractivity contribution in [1.82, 2.24) is 4.90 Å². The molecule has 0 radical (unpaired) electrons. The van der Waals surface area contributed by atoms with E-state index < -0.39 is 5.79 Å². The fourth-order valence-corrected chi connectivity index (χ4v) is 2.85. The summed E-state index contributed by atoms with van der Waals surface area (Å²) in [4.78, 5) is 2.38. The average molecular weight is 262 g/mol. The number of rotatable bonds is 2. The number of anilines is 1. The minimum absolute atomic E-state index is 0.508. The van der Waals surface area contributed by atoms with Crippen molar-refractivity contribution in [2.24, 2.45) is 0 Å². The lowest BCUT2D eigenvalue weighted by atomic mass is 10.2. The van der Waals surface area contributed by atoms with Gasteiger partial charge in [0, 0.05) is 44.2 Å². The van der Waals surface area contributed by atoms with E-state index in [1.807, 2.05) is 26.0 Å². The van der Waals surface area contributed by atoms with E-state index in [1.165, 1.54) is 6.42 Å². The van der Waals surface area contributed by atoms with Crippen molar-refractivity contribution in [2.45, 2.75) is 45.1 Å². The highest BCUT2D eigenvalue weighted by molar-refractivity contribution is 5.56. The van der Waals surface area contributed by atoms with Gasteiger partial charge in [0.25, 0.3) is 0 Å². The molecule has 1 fully saturated rings. The molecule has 4 nitrogen and oxygen atoms in total. The fraction of sp³-hybridized carbons (Fsp3) is 0.600. The highest BCUT2D eigenvalue weighted by Crippen LogP contribution is 2.40. The van der Waals surface area contributed by atoms with Crippen molar-refractivity contribution in [3.8, 4) is 11.5 Å². The summed E-state index contributed by atoms with van der Waals surface area (Å²) in [6.07, 6.45) is 1.18. The number of hydrogen-bond acceptors (Lipinski definition) is 4. The minimum Gasteiger partial charge on any atom is -0.449 e. The number of likely N-dealkylation sites (tertiary alicyclic amines) is 1.